The van der Waals surface area contributed by atoms with E-state index in [9.17, 15) is 14.7 Å². The van der Waals surface area contributed by atoms with Crippen LogP contribution in [0.2, 0.25) is 0 Å². The third kappa shape index (κ3) is 3.91. The molecular formula is C16H15NO6. The van der Waals surface area contributed by atoms with Gasteiger partial charge in [0.2, 0.25) is 5.91 Å². The molecule has 23 heavy (non-hydrogen) atoms. The van der Waals surface area contributed by atoms with Crippen molar-refractivity contribution in [2.24, 2.45) is 0 Å². The third-order valence-electron chi connectivity index (χ3n) is 2.95. The van der Waals surface area contributed by atoms with Crippen LogP contribution in [-0.2, 0) is 4.79 Å². The van der Waals surface area contributed by atoms with Crippen molar-refractivity contribution in [3.63, 3.8) is 0 Å². The van der Waals surface area contributed by atoms with Crippen molar-refractivity contribution in [2.75, 3.05) is 19.5 Å². The zero-order valence-corrected chi connectivity index (χ0v) is 12.5. The molecule has 0 fully saturated rings. The number of rotatable bonds is 6. The Morgan fingerprint density at radius 3 is 2.48 bits per heavy atom. The maximum atomic E-state index is 11.9. The molecule has 0 radical (unpaired) electrons. The summed E-state index contributed by atoms with van der Waals surface area (Å²) in [4.78, 5) is 23.3. The van der Waals surface area contributed by atoms with E-state index in [0.717, 1.165) is 0 Å². The highest BCUT2D eigenvalue weighted by molar-refractivity contribution is 6.06. The number of amides is 1. The molecule has 2 rings (SSSR count). The van der Waals surface area contributed by atoms with E-state index in [1.807, 2.05) is 0 Å². The van der Waals surface area contributed by atoms with Crippen LogP contribution in [-0.4, -0.2) is 31.2 Å². The maximum absolute atomic E-state index is 11.9. The molecule has 7 nitrogen and oxygen atoms in total. The molecule has 2 N–H and O–H groups in total. The minimum absolute atomic E-state index is 0.101. The monoisotopic (exact) mass is 317 g/mol. The fourth-order valence-electron chi connectivity index (χ4n) is 1.88. The number of benzene rings is 1. The van der Waals surface area contributed by atoms with Crippen LogP contribution in [0.15, 0.2) is 41.0 Å². The normalized spacial score (nSPS) is 10.5. The highest BCUT2D eigenvalue weighted by Crippen LogP contribution is 2.33. The lowest BCUT2D eigenvalue weighted by Crippen LogP contribution is -2.12. The van der Waals surface area contributed by atoms with Crippen LogP contribution in [0.5, 0.6) is 11.5 Å². The van der Waals surface area contributed by atoms with Crippen LogP contribution in [0.3, 0.4) is 0 Å². The van der Waals surface area contributed by atoms with Crippen LogP contribution in [0.25, 0.3) is 6.08 Å². The van der Waals surface area contributed by atoms with Crippen molar-refractivity contribution in [2.45, 2.75) is 0 Å². The molecule has 7 heteroatoms. The molecule has 0 aliphatic heterocycles. The number of carbonyl (C=O) groups excluding carboxylic acids is 1. The Morgan fingerprint density at radius 1 is 1.22 bits per heavy atom. The maximum Gasteiger partial charge on any atom is 0.337 e. The van der Waals surface area contributed by atoms with E-state index in [2.05, 4.69) is 5.32 Å². The van der Waals surface area contributed by atoms with E-state index in [1.54, 1.807) is 12.1 Å². The molecule has 1 aromatic carbocycles. The number of nitrogens with one attached hydrogen (secondary N) is 1. The lowest BCUT2D eigenvalue weighted by molar-refractivity contribution is -0.111. The lowest BCUT2D eigenvalue weighted by Gasteiger charge is -2.12. The molecule has 1 aromatic heterocycles. The Labute approximate surface area is 132 Å². The van der Waals surface area contributed by atoms with Gasteiger partial charge in [-0.05, 0) is 18.2 Å². The van der Waals surface area contributed by atoms with Gasteiger partial charge in [0.25, 0.3) is 0 Å². The molecule has 120 valence electrons. The summed E-state index contributed by atoms with van der Waals surface area (Å²) in [7, 11) is 2.81. The summed E-state index contributed by atoms with van der Waals surface area (Å²) in [6.45, 7) is 0. The van der Waals surface area contributed by atoms with Crippen molar-refractivity contribution in [3.8, 4) is 11.5 Å². The smallest absolute Gasteiger partial charge is 0.337 e. The number of furan rings is 1. The minimum atomic E-state index is -1.20. The molecule has 2 aromatic rings. The molecule has 0 spiro atoms. The molecule has 0 unspecified atom stereocenters. The summed E-state index contributed by atoms with van der Waals surface area (Å²) < 4.78 is 15.2. The van der Waals surface area contributed by atoms with E-state index < -0.39 is 11.9 Å². The van der Waals surface area contributed by atoms with Gasteiger partial charge < -0.3 is 24.3 Å². The van der Waals surface area contributed by atoms with Crippen molar-refractivity contribution in [3.05, 3.63) is 47.9 Å². The van der Waals surface area contributed by atoms with E-state index >= 15 is 0 Å². The molecule has 0 aliphatic carbocycles. The number of ether oxygens (including phenoxy) is 2. The number of anilines is 1. The number of carboxylic acid groups (broad SMARTS) is 1. The Balaban J connectivity index is 2.27. The third-order valence-corrected chi connectivity index (χ3v) is 2.95. The lowest BCUT2D eigenvalue weighted by atomic mass is 10.1. The van der Waals surface area contributed by atoms with Gasteiger partial charge in [0.1, 0.15) is 5.76 Å². The van der Waals surface area contributed by atoms with E-state index in [4.69, 9.17) is 13.9 Å². The molecule has 0 saturated carbocycles. The van der Waals surface area contributed by atoms with Gasteiger partial charge in [0.15, 0.2) is 11.5 Å². The van der Waals surface area contributed by atoms with Gasteiger partial charge in [-0.2, -0.15) is 0 Å². The van der Waals surface area contributed by atoms with Crippen LogP contribution in [0.1, 0.15) is 16.1 Å². The second-order valence-corrected chi connectivity index (χ2v) is 4.40. The van der Waals surface area contributed by atoms with Crippen molar-refractivity contribution in [1.29, 1.82) is 0 Å². The van der Waals surface area contributed by atoms with E-state index in [-0.39, 0.29) is 17.0 Å². The first kappa shape index (κ1) is 16.2. The van der Waals surface area contributed by atoms with Gasteiger partial charge in [-0.1, -0.05) is 0 Å². The zero-order valence-electron chi connectivity index (χ0n) is 12.5. The van der Waals surface area contributed by atoms with E-state index in [1.165, 1.54) is 44.8 Å². The summed E-state index contributed by atoms with van der Waals surface area (Å²) >= 11 is 0. The average Bonchev–Trinajstić information content (AvgIpc) is 3.05. The molecule has 0 aliphatic rings. The topological polar surface area (TPSA) is 98.0 Å². The number of carbonyl (C=O) groups is 2. The zero-order chi connectivity index (χ0) is 16.8. The number of methoxy groups -OCH3 is 2. The molecule has 1 amide bonds. The van der Waals surface area contributed by atoms with Crippen LogP contribution >= 0.6 is 0 Å². The van der Waals surface area contributed by atoms with Gasteiger partial charge in [0, 0.05) is 18.2 Å². The number of hydrogen-bond acceptors (Lipinski definition) is 5. The standard InChI is InChI=1S/C16H15NO6/c1-21-13-8-11(16(19)20)12(9-14(13)22-2)17-15(18)6-5-10-4-3-7-23-10/h3-9H,1-2H3,(H,17,18)(H,19,20). The van der Waals surface area contributed by atoms with E-state index in [0.29, 0.717) is 11.5 Å². The SMILES string of the molecule is COc1cc(NC(=O)C=Cc2ccco2)c(C(=O)O)cc1OC. The quantitative estimate of drug-likeness (QED) is 0.795. The fraction of sp³-hybridized carbons (Fsp3) is 0.125. The summed E-state index contributed by atoms with van der Waals surface area (Å²) in [6.07, 6.45) is 4.19. The molecular weight excluding hydrogens is 302 g/mol. The number of carboxylic acids is 1. The van der Waals surface area contributed by atoms with Crippen molar-refractivity contribution < 1.29 is 28.6 Å². The summed E-state index contributed by atoms with van der Waals surface area (Å²) in [5.41, 5.74) is -0.00774. The Kier molecular flexibility index (Phi) is 5.03. The molecule has 0 atom stereocenters. The van der Waals surface area contributed by atoms with Crippen LogP contribution in [0, 0.1) is 0 Å². The first-order valence-electron chi connectivity index (χ1n) is 6.57. The van der Waals surface area contributed by atoms with Crippen molar-refractivity contribution >= 4 is 23.6 Å². The fourth-order valence-corrected chi connectivity index (χ4v) is 1.88. The first-order chi connectivity index (χ1) is 11.0. The Morgan fingerprint density at radius 2 is 1.91 bits per heavy atom. The van der Waals surface area contributed by atoms with Crippen LogP contribution < -0.4 is 14.8 Å². The van der Waals surface area contributed by atoms with Gasteiger partial charge in [-0.3, -0.25) is 4.79 Å². The summed E-state index contributed by atoms with van der Waals surface area (Å²) in [5.74, 6) is -0.629. The highest BCUT2D eigenvalue weighted by atomic mass is 16.5. The predicted octanol–water partition coefficient (Wildman–Crippen LogP) is 2.65. The van der Waals surface area contributed by atoms with Gasteiger partial charge in [0.05, 0.1) is 31.7 Å². The van der Waals surface area contributed by atoms with Gasteiger partial charge in [-0.15, -0.1) is 0 Å². The number of hydrogen-bond donors (Lipinski definition) is 2. The summed E-state index contributed by atoms with van der Waals surface area (Å²) in [6, 6.07) is 6.05. The molecule has 1 heterocycles. The predicted molar refractivity (Wildman–Crippen MR) is 82.9 cm³/mol. The number of aromatic carboxylic acids is 1. The summed E-state index contributed by atoms with van der Waals surface area (Å²) in [5, 5.41) is 11.8. The van der Waals surface area contributed by atoms with Crippen LogP contribution in [0.4, 0.5) is 5.69 Å². The average molecular weight is 317 g/mol. The second-order valence-electron chi connectivity index (χ2n) is 4.40. The first-order valence-corrected chi connectivity index (χ1v) is 6.57. The van der Waals surface area contributed by atoms with Crippen molar-refractivity contribution in [1.82, 2.24) is 0 Å². The Bertz CT molecular complexity index is 733. The minimum Gasteiger partial charge on any atom is -0.493 e. The Hall–Kier alpha value is -3.22. The van der Waals surface area contributed by atoms with Gasteiger partial charge in [-0.25, -0.2) is 4.79 Å². The second kappa shape index (κ2) is 7.17. The highest BCUT2D eigenvalue weighted by Gasteiger charge is 2.17. The van der Waals surface area contributed by atoms with Gasteiger partial charge >= 0.3 is 5.97 Å². The molecule has 0 bridgehead atoms. The largest absolute Gasteiger partial charge is 0.493 e. The molecule has 0 saturated heterocycles.